The van der Waals surface area contributed by atoms with E-state index in [4.69, 9.17) is 4.74 Å². The van der Waals surface area contributed by atoms with Crippen LogP contribution in [0.2, 0.25) is 0 Å². The van der Waals surface area contributed by atoms with E-state index in [0.29, 0.717) is 6.10 Å². The van der Waals surface area contributed by atoms with Crippen LogP contribution in [0.1, 0.15) is 78.1 Å². The monoisotopic (exact) mass is 268 g/mol. The zero-order chi connectivity index (χ0) is 13.7. The van der Waals surface area contributed by atoms with E-state index in [2.05, 4.69) is 13.8 Å². The predicted octanol–water partition coefficient (Wildman–Crippen LogP) is 4.30. The summed E-state index contributed by atoms with van der Waals surface area (Å²) in [5.74, 6) is 0.721. The van der Waals surface area contributed by atoms with E-state index in [-0.39, 0.29) is 11.5 Å². The summed E-state index contributed by atoms with van der Waals surface area (Å²) in [4.78, 5) is 0. The zero-order valence-corrected chi connectivity index (χ0v) is 12.9. The molecule has 0 bridgehead atoms. The van der Waals surface area contributed by atoms with Gasteiger partial charge >= 0.3 is 0 Å². The highest BCUT2D eigenvalue weighted by Crippen LogP contribution is 2.53. The number of aliphatic hydroxyl groups excluding tert-OH is 1. The lowest BCUT2D eigenvalue weighted by molar-refractivity contribution is -0.210. The van der Waals surface area contributed by atoms with Gasteiger partial charge in [0.25, 0.3) is 0 Å². The van der Waals surface area contributed by atoms with Crippen molar-refractivity contribution in [1.29, 1.82) is 0 Å². The minimum Gasteiger partial charge on any atom is -0.392 e. The van der Waals surface area contributed by atoms with Crippen LogP contribution in [0, 0.1) is 11.3 Å². The standard InChI is InChI=1S/C17H32O2/c1-3-5-9-14(4-2)13-19-16-12-15(18)17(16)10-7-6-8-11-17/h14-16,18H,3-13H2,1-2H3. The molecule has 0 radical (unpaired) electrons. The first-order valence-corrected chi connectivity index (χ1v) is 8.52. The Morgan fingerprint density at radius 3 is 2.53 bits per heavy atom. The first-order chi connectivity index (χ1) is 9.23. The molecule has 2 fully saturated rings. The van der Waals surface area contributed by atoms with Crippen molar-refractivity contribution >= 4 is 0 Å². The Hall–Kier alpha value is -0.0800. The van der Waals surface area contributed by atoms with Gasteiger partial charge in [-0.3, -0.25) is 0 Å². The molecule has 0 aromatic carbocycles. The molecular formula is C17H32O2. The number of hydrogen-bond acceptors (Lipinski definition) is 2. The molecule has 0 aromatic heterocycles. The molecule has 0 aromatic rings. The largest absolute Gasteiger partial charge is 0.392 e. The normalized spacial score (nSPS) is 31.1. The summed E-state index contributed by atoms with van der Waals surface area (Å²) in [5.41, 5.74) is 0.140. The molecule has 2 saturated carbocycles. The average molecular weight is 268 g/mol. The van der Waals surface area contributed by atoms with Gasteiger partial charge in [-0.25, -0.2) is 0 Å². The maximum absolute atomic E-state index is 10.2. The second kappa shape index (κ2) is 7.08. The first-order valence-electron chi connectivity index (χ1n) is 8.52. The smallest absolute Gasteiger partial charge is 0.0681 e. The van der Waals surface area contributed by atoms with Gasteiger partial charge in [-0.15, -0.1) is 0 Å². The van der Waals surface area contributed by atoms with E-state index in [0.717, 1.165) is 18.9 Å². The molecule has 2 aliphatic carbocycles. The van der Waals surface area contributed by atoms with Crippen molar-refractivity contribution in [1.82, 2.24) is 0 Å². The summed E-state index contributed by atoms with van der Waals surface area (Å²) in [6.45, 7) is 5.44. The average Bonchev–Trinajstić information content (AvgIpc) is 2.47. The third-order valence-corrected chi connectivity index (χ3v) is 5.60. The topological polar surface area (TPSA) is 29.5 Å². The fraction of sp³-hybridized carbons (Fsp3) is 1.00. The molecule has 0 saturated heterocycles. The van der Waals surface area contributed by atoms with E-state index in [1.54, 1.807) is 0 Å². The Bertz CT molecular complexity index is 258. The van der Waals surface area contributed by atoms with E-state index >= 15 is 0 Å². The SMILES string of the molecule is CCCCC(CC)COC1CC(O)C12CCCCC2. The lowest BCUT2D eigenvalue weighted by atomic mass is 9.56. The number of unbranched alkanes of at least 4 members (excludes halogenated alkanes) is 1. The van der Waals surface area contributed by atoms with Crippen LogP contribution in [0.5, 0.6) is 0 Å². The Balaban J connectivity index is 1.79. The minimum atomic E-state index is -0.0893. The van der Waals surface area contributed by atoms with Crippen molar-refractivity contribution in [3.05, 3.63) is 0 Å². The molecule has 19 heavy (non-hydrogen) atoms. The Morgan fingerprint density at radius 1 is 1.21 bits per heavy atom. The highest BCUT2D eigenvalue weighted by Gasteiger charge is 2.55. The quantitative estimate of drug-likeness (QED) is 0.746. The van der Waals surface area contributed by atoms with Gasteiger partial charge in [0, 0.05) is 18.4 Å². The molecule has 2 heteroatoms. The van der Waals surface area contributed by atoms with Gasteiger partial charge in [-0.05, 0) is 25.2 Å². The highest BCUT2D eigenvalue weighted by molar-refractivity contribution is 5.05. The molecule has 0 amide bonds. The minimum absolute atomic E-state index is 0.0893. The second-order valence-electron chi connectivity index (χ2n) is 6.78. The van der Waals surface area contributed by atoms with Gasteiger partial charge in [0.2, 0.25) is 0 Å². The predicted molar refractivity (Wildman–Crippen MR) is 79.2 cm³/mol. The van der Waals surface area contributed by atoms with Crippen LogP contribution in [0.4, 0.5) is 0 Å². The molecule has 2 rings (SSSR count). The van der Waals surface area contributed by atoms with E-state index < -0.39 is 0 Å². The lowest BCUT2D eigenvalue weighted by Crippen LogP contribution is -2.59. The number of rotatable bonds is 7. The molecule has 3 atom stereocenters. The second-order valence-corrected chi connectivity index (χ2v) is 6.78. The lowest BCUT2D eigenvalue weighted by Gasteiger charge is -2.55. The van der Waals surface area contributed by atoms with Crippen LogP contribution in [-0.4, -0.2) is 23.9 Å². The van der Waals surface area contributed by atoms with E-state index in [1.165, 1.54) is 57.8 Å². The number of aliphatic hydroxyl groups is 1. The summed E-state index contributed by atoms with van der Waals surface area (Å²) in [7, 11) is 0. The molecule has 1 spiro atoms. The third kappa shape index (κ3) is 3.33. The third-order valence-electron chi connectivity index (χ3n) is 5.60. The van der Waals surface area contributed by atoms with Gasteiger partial charge in [0.05, 0.1) is 12.2 Å². The van der Waals surface area contributed by atoms with Crippen molar-refractivity contribution < 1.29 is 9.84 Å². The fourth-order valence-electron chi connectivity index (χ4n) is 3.98. The summed E-state index contributed by atoms with van der Waals surface area (Å²) >= 11 is 0. The zero-order valence-electron chi connectivity index (χ0n) is 12.9. The van der Waals surface area contributed by atoms with Crippen molar-refractivity contribution in [3.8, 4) is 0 Å². The highest BCUT2D eigenvalue weighted by atomic mass is 16.5. The van der Waals surface area contributed by atoms with Crippen molar-refractivity contribution in [2.75, 3.05) is 6.61 Å². The van der Waals surface area contributed by atoms with Crippen LogP contribution < -0.4 is 0 Å². The van der Waals surface area contributed by atoms with Gasteiger partial charge in [0.1, 0.15) is 0 Å². The van der Waals surface area contributed by atoms with Crippen molar-refractivity contribution in [2.24, 2.45) is 11.3 Å². The number of hydrogen-bond donors (Lipinski definition) is 1. The Morgan fingerprint density at radius 2 is 1.95 bits per heavy atom. The molecule has 0 aliphatic heterocycles. The Kier molecular flexibility index (Phi) is 5.70. The number of ether oxygens (including phenoxy) is 1. The molecule has 1 N–H and O–H groups in total. The van der Waals surface area contributed by atoms with Crippen LogP contribution in [-0.2, 0) is 4.74 Å². The molecule has 0 heterocycles. The van der Waals surface area contributed by atoms with Gasteiger partial charge in [0.15, 0.2) is 0 Å². The molecule has 3 unspecified atom stereocenters. The van der Waals surface area contributed by atoms with Gasteiger partial charge in [-0.1, -0.05) is 52.4 Å². The van der Waals surface area contributed by atoms with Gasteiger partial charge in [-0.2, -0.15) is 0 Å². The van der Waals surface area contributed by atoms with Crippen LogP contribution in [0.15, 0.2) is 0 Å². The van der Waals surface area contributed by atoms with Crippen LogP contribution in [0.25, 0.3) is 0 Å². The summed E-state index contributed by atoms with van der Waals surface area (Å²) in [6, 6.07) is 0. The fourth-order valence-corrected chi connectivity index (χ4v) is 3.98. The van der Waals surface area contributed by atoms with Crippen LogP contribution >= 0.6 is 0 Å². The van der Waals surface area contributed by atoms with Crippen molar-refractivity contribution in [2.45, 2.75) is 90.3 Å². The Labute approximate surface area is 118 Å². The summed E-state index contributed by atoms with van der Waals surface area (Å²) < 4.78 is 6.23. The van der Waals surface area contributed by atoms with Gasteiger partial charge < -0.3 is 9.84 Å². The maximum atomic E-state index is 10.2. The van der Waals surface area contributed by atoms with Crippen LogP contribution in [0.3, 0.4) is 0 Å². The first kappa shape index (κ1) is 15.3. The molecular weight excluding hydrogens is 236 g/mol. The van der Waals surface area contributed by atoms with E-state index in [1.807, 2.05) is 0 Å². The molecule has 112 valence electrons. The summed E-state index contributed by atoms with van der Waals surface area (Å²) in [6.07, 6.45) is 12.5. The van der Waals surface area contributed by atoms with E-state index in [9.17, 15) is 5.11 Å². The van der Waals surface area contributed by atoms with Crippen molar-refractivity contribution in [3.63, 3.8) is 0 Å². The molecule has 2 aliphatic rings. The summed E-state index contributed by atoms with van der Waals surface area (Å²) in [5, 5.41) is 10.2. The molecule has 2 nitrogen and oxygen atoms in total. The maximum Gasteiger partial charge on any atom is 0.0681 e.